The van der Waals surface area contributed by atoms with Gasteiger partial charge in [-0.3, -0.25) is 0 Å². The van der Waals surface area contributed by atoms with Crippen molar-refractivity contribution in [2.24, 2.45) is 0 Å². The van der Waals surface area contributed by atoms with Gasteiger partial charge < -0.3 is 9.47 Å². The molecule has 0 amide bonds. The Bertz CT molecular complexity index is 649. The van der Waals surface area contributed by atoms with Gasteiger partial charge in [0.2, 0.25) is 0 Å². The first-order valence-corrected chi connectivity index (χ1v) is 6.71. The third-order valence-corrected chi connectivity index (χ3v) is 2.95. The van der Waals surface area contributed by atoms with Gasteiger partial charge in [-0.2, -0.15) is 5.26 Å². The molecule has 2 aromatic carbocycles. The van der Waals surface area contributed by atoms with Gasteiger partial charge in [-0.05, 0) is 42.8 Å². The van der Waals surface area contributed by atoms with Crippen LogP contribution in [0.15, 0.2) is 42.5 Å². The summed E-state index contributed by atoms with van der Waals surface area (Å²) >= 11 is 0. The molecule has 0 atom stereocenters. The number of nitriles is 1. The second-order valence-electron chi connectivity index (χ2n) is 4.57. The summed E-state index contributed by atoms with van der Waals surface area (Å²) in [6, 6.07) is 13.6. The minimum absolute atomic E-state index is 0.267. The van der Waals surface area contributed by atoms with Gasteiger partial charge in [0.1, 0.15) is 23.4 Å². The highest BCUT2D eigenvalue weighted by Crippen LogP contribution is 2.19. The number of hydrogen-bond donors (Lipinski definition) is 0. The first-order valence-electron chi connectivity index (χ1n) is 6.71. The van der Waals surface area contributed by atoms with Crippen LogP contribution in [0.25, 0.3) is 0 Å². The summed E-state index contributed by atoms with van der Waals surface area (Å²) in [4.78, 5) is 0. The molecule has 0 bridgehead atoms. The minimum Gasteiger partial charge on any atom is -0.493 e. The minimum atomic E-state index is -0.267. The molecule has 2 aromatic rings. The van der Waals surface area contributed by atoms with E-state index >= 15 is 0 Å². The predicted octanol–water partition coefficient (Wildman–Crippen LogP) is 3.85. The van der Waals surface area contributed by atoms with Crippen molar-refractivity contribution in [1.82, 2.24) is 0 Å². The summed E-state index contributed by atoms with van der Waals surface area (Å²) in [5.74, 6) is 0.989. The Balaban J connectivity index is 1.76. The zero-order valence-electron chi connectivity index (χ0n) is 11.8. The zero-order chi connectivity index (χ0) is 15.1. The molecule has 3 nitrogen and oxygen atoms in total. The maximum absolute atomic E-state index is 12.9. The zero-order valence-corrected chi connectivity index (χ0v) is 11.8. The van der Waals surface area contributed by atoms with Crippen molar-refractivity contribution in [3.8, 4) is 17.6 Å². The number of aryl methyl sites for hydroxylation is 1. The lowest BCUT2D eigenvalue weighted by molar-refractivity contribution is 0.246. The van der Waals surface area contributed by atoms with Crippen LogP contribution >= 0.6 is 0 Å². The lowest BCUT2D eigenvalue weighted by Crippen LogP contribution is -2.06. The smallest absolute Gasteiger partial charge is 0.137 e. The van der Waals surface area contributed by atoms with E-state index in [-0.39, 0.29) is 5.82 Å². The molecule has 0 heterocycles. The van der Waals surface area contributed by atoms with Crippen LogP contribution in [0.2, 0.25) is 0 Å². The number of rotatable bonds is 6. The molecule has 0 aromatic heterocycles. The largest absolute Gasteiger partial charge is 0.493 e. The topological polar surface area (TPSA) is 42.2 Å². The van der Waals surface area contributed by atoms with Gasteiger partial charge >= 0.3 is 0 Å². The number of para-hydroxylation sites is 1. The summed E-state index contributed by atoms with van der Waals surface area (Å²) in [5, 5.41) is 8.94. The average Bonchev–Trinajstić information content (AvgIpc) is 2.49. The Hall–Kier alpha value is -2.54. The molecule has 108 valence electrons. The van der Waals surface area contributed by atoms with Crippen molar-refractivity contribution in [1.29, 1.82) is 5.26 Å². The molecule has 0 saturated carbocycles. The van der Waals surface area contributed by atoms with Gasteiger partial charge in [0.25, 0.3) is 0 Å². The van der Waals surface area contributed by atoms with E-state index in [1.165, 1.54) is 12.1 Å². The lowest BCUT2D eigenvalue weighted by atomic mass is 10.2. The van der Waals surface area contributed by atoms with Gasteiger partial charge in [-0.1, -0.05) is 12.1 Å². The number of halogens is 1. The molecule has 0 fully saturated rings. The van der Waals surface area contributed by atoms with Crippen molar-refractivity contribution >= 4 is 0 Å². The summed E-state index contributed by atoms with van der Waals surface area (Å²) in [6.45, 7) is 2.73. The maximum Gasteiger partial charge on any atom is 0.137 e. The van der Waals surface area contributed by atoms with Crippen molar-refractivity contribution in [2.45, 2.75) is 13.3 Å². The third-order valence-electron chi connectivity index (χ3n) is 2.95. The molecule has 0 radical (unpaired) electrons. The normalized spacial score (nSPS) is 9.95. The molecule has 0 aliphatic heterocycles. The van der Waals surface area contributed by atoms with E-state index in [4.69, 9.17) is 14.7 Å². The van der Waals surface area contributed by atoms with Crippen LogP contribution in [0.1, 0.15) is 17.5 Å². The monoisotopic (exact) mass is 285 g/mol. The maximum atomic E-state index is 12.9. The van der Waals surface area contributed by atoms with Crippen LogP contribution in [0.3, 0.4) is 0 Å². The van der Waals surface area contributed by atoms with Crippen LogP contribution in [-0.2, 0) is 0 Å². The van der Waals surface area contributed by atoms with Crippen LogP contribution < -0.4 is 9.47 Å². The average molecular weight is 285 g/mol. The van der Waals surface area contributed by atoms with E-state index in [1.807, 2.05) is 6.07 Å². The summed E-state index contributed by atoms with van der Waals surface area (Å²) in [6.07, 6.45) is 0.677. The van der Waals surface area contributed by atoms with E-state index in [0.29, 0.717) is 36.7 Å². The molecule has 4 heteroatoms. The molecule has 2 rings (SSSR count). The van der Waals surface area contributed by atoms with Crippen LogP contribution in [0, 0.1) is 24.1 Å². The van der Waals surface area contributed by atoms with Crippen LogP contribution in [0.4, 0.5) is 4.39 Å². The number of ether oxygens (including phenoxy) is 2. The Labute approximate surface area is 123 Å². The quantitative estimate of drug-likeness (QED) is 0.757. The van der Waals surface area contributed by atoms with Gasteiger partial charge in [-0.25, -0.2) is 4.39 Å². The van der Waals surface area contributed by atoms with Crippen molar-refractivity contribution in [2.75, 3.05) is 13.2 Å². The molecule has 0 saturated heterocycles. The number of hydrogen-bond acceptors (Lipinski definition) is 3. The molecule has 0 aliphatic rings. The molecular formula is C17H16FNO2. The number of benzene rings is 2. The lowest BCUT2D eigenvalue weighted by Gasteiger charge is -2.10. The summed E-state index contributed by atoms with van der Waals surface area (Å²) in [5.41, 5.74) is 1.29. The first kappa shape index (κ1) is 14.9. The molecular weight excluding hydrogens is 269 g/mol. The van der Waals surface area contributed by atoms with Crippen molar-refractivity contribution in [3.05, 3.63) is 59.4 Å². The molecule has 21 heavy (non-hydrogen) atoms. The highest BCUT2D eigenvalue weighted by atomic mass is 19.1. The number of nitrogens with zero attached hydrogens (tertiary/aromatic N) is 1. The third kappa shape index (κ3) is 4.22. The van der Waals surface area contributed by atoms with Gasteiger partial charge in [0.05, 0.1) is 18.8 Å². The van der Waals surface area contributed by atoms with E-state index in [2.05, 4.69) is 6.07 Å². The molecule has 0 aliphatic carbocycles. The van der Waals surface area contributed by atoms with E-state index in [9.17, 15) is 4.39 Å². The molecule has 0 spiro atoms. The standard InChI is InChI=1S/C17H16FNO2/c1-13-11-15(18)7-8-16(13)20-9-4-10-21-17-6-3-2-5-14(17)12-19/h2-3,5-8,11H,4,9-10H2,1H3. The fourth-order valence-corrected chi connectivity index (χ4v) is 1.88. The summed E-state index contributed by atoms with van der Waals surface area (Å²) in [7, 11) is 0. The molecule has 0 N–H and O–H groups in total. The first-order chi connectivity index (χ1) is 10.2. The second kappa shape index (κ2) is 7.30. The van der Waals surface area contributed by atoms with E-state index in [1.54, 1.807) is 31.2 Å². The van der Waals surface area contributed by atoms with E-state index < -0.39 is 0 Å². The SMILES string of the molecule is Cc1cc(F)ccc1OCCCOc1ccccc1C#N. The van der Waals surface area contributed by atoms with Gasteiger partial charge in [0, 0.05) is 6.42 Å². The highest BCUT2D eigenvalue weighted by molar-refractivity contribution is 5.42. The van der Waals surface area contributed by atoms with Crippen molar-refractivity contribution < 1.29 is 13.9 Å². The van der Waals surface area contributed by atoms with Gasteiger partial charge in [0.15, 0.2) is 0 Å². The fourth-order valence-electron chi connectivity index (χ4n) is 1.88. The summed E-state index contributed by atoms with van der Waals surface area (Å²) < 4.78 is 24.1. The fraction of sp³-hybridized carbons (Fsp3) is 0.235. The van der Waals surface area contributed by atoms with Crippen LogP contribution in [-0.4, -0.2) is 13.2 Å². The van der Waals surface area contributed by atoms with Gasteiger partial charge in [-0.15, -0.1) is 0 Å². The predicted molar refractivity (Wildman–Crippen MR) is 77.9 cm³/mol. The Morgan fingerprint density at radius 3 is 2.48 bits per heavy atom. The molecule has 0 unspecified atom stereocenters. The van der Waals surface area contributed by atoms with E-state index in [0.717, 1.165) is 5.56 Å². The van der Waals surface area contributed by atoms with Crippen molar-refractivity contribution in [3.63, 3.8) is 0 Å². The highest BCUT2D eigenvalue weighted by Gasteiger charge is 2.03. The Kier molecular flexibility index (Phi) is 5.16. The second-order valence-corrected chi connectivity index (χ2v) is 4.57. The Morgan fingerprint density at radius 2 is 1.76 bits per heavy atom. The van der Waals surface area contributed by atoms with Crippen LogP contribution in [0.5, 0.6) is 11.5 Å². The Morgan fingerprint density at radius 1 is 1.05 bits per heavy atom.